The quantitative estimate of drug-likeness (QED) is 0.646. The van der Waals surface area contributed by atoms with Gasteiger partial charge < -0.3 is 4.74 Å². The van der Waals surface area contributed by atoms with Crippen LogP contribution in [0.3, 0.4) is 0 Å². The van der Waals surface area contributed by atoms with Gasteiger partial charge in [-0.15, -0.1) is 0 Å². The van der Waals surface area contributed by atoms with Crippen LogP contribution in [0.1, 0.15) is 28.8 Å². The third-order valence-corrected chi connectivity index (χ3v) is 2.09. The molecule has 2 rings (SSSR count). The lowest BCUT2D eigenvalue weighted by atomic mass is 10.1. The van der Waals surface area contributed by atoms with Crippen molar-refractivity contribution in [1.82, 2.24) is 0 Å². The largest absolute Gasteiger partial charge is 0.459 e. The molecule has 1 aliphatic rings. The molecular formula is C11H12O2. The Hall–Kier alpha value is -1.31. The first-order valence-electron chi connectivity index (χ1n) is 4.53. The highest BCUT2D eigenvalue weighted by Crippen LogP contribution is 2.24. The van der Waals surface area contributed by atoms with Crippen molar-refractivity contribution in [3.8, 4) is 0 Å². The van der Waals surface area contributed by atoms with E-state index in [2.05, 4.69) is 0 Å². The van der Waals surface area contributed by atoms with E-state index in [9.17, 15) is 4.79 Å². The van der Waals surface area contributed by atoms with Crippen molar-refractivity contribution in [2.45, 2.75) is 25.9 Å². The lowest BCUT2D eigenvalue weighted by molar-refractivity contribution is 0.0472. The second kappa shape index (κ2) is 3.21. The molecule has 1 aromatic rings. The third kappa shape index (κ3) is 2.08. The van der Waals surface area contributed by atoms with Crippen LogP contribution in [0, 0.1) is 6.92 Å². The molecule has 0 amide bonds. The maximum atomic E-state index is 11.4. The summed E-state index contributed by atoms with van der Waals surface area (Å²) in [7, 11) is 0. The zero-order valence-corrected chi connectivity index (χ0v) is 7.62. The van der Waals surface area contributed by atoms with Gasteiger partial charge in [0.05, 0.1) is 5.56 Å². The van der Waals surface area contributed by atoms with Gasteiger partial charge in [-0.25, -0.2) is 4.79 Å². The number of carbonyl (C=O) groups is 1. The summed E-state index contributed by atoms with van der Waals surface area (Å²) >= 11 is 0. The van der Waals surface area contributed by atoms with E-state index in [0.29, 0.717) is 5.56 Å². The highest BCUT2D eigenvalue weighted by atomic mass is 16.5. The van der Waals surface area contributed by atoms with E-state index in [4.69, 9.17) is 4.74 Å². The molecule has 68 valence electrons. The summed E-state index contributed by atoms with van der Waals surface area (Å²) in [6.07, 6.45) is 2.24. The topological polar surface area (TPSA) is 26.3 Å². The van der Waals surface area contributed by atoms with Gasteiger partial charge in [-0.05, 0) is 31.9 Å². The Kier molecular flexibility index (Phi) is 2.05. The van der Waals surface area contributed by atoms with E-state index in [1.165, 1.54) is 0 Å². The number of ether oxygens (including phenoxy) is 1. The maximum Gasteiger partial charge on any atom is 0.338 e. The standard InChI is InChI=1S/C11H12O2/c1-8-2-4-9(5-3-8)11(12)13-10-6-7-10/h2-5,10H,6-7H2,1H3. The maximum absolute atomic E-state index is 11.4. The minimum atomic E-state index is -0.192. The number of hydrogen-bond donors (Lipinski definition) is 0. The number of hydrogen-bond acceptors (Lipinski definition) is 2. The summed E-state index contributed by atoms with van der Waals surface area (Å²) in [5, 5.41) is 0. The van der Waals surface area contributed by atoms with Crippen molar-refractivity contribution in [2.75, 3.05) is 0 Å². The Morgan fingerprint density at radius 3 is 2.46 bits per heavy atom. The lowest BCUT2D eigenvalue weighted by Gasteiger charge is -2.02. The van der Waals surface area contributed by atoms with Gasteiger partial charge in [0.25, 0.3) is 0 Å². The van der Waals surface area contributed by atoms with Crippen molar-refractivity contribution in [3.05, 3.63) is 35.4 Å². The Labute approximate surface area is 77.5 Å². The molecule has 1 aromatic carbocycles. The first-order valence-corrected chi connectivity index (χ1v) is 4.53. The predicted molar refractivity (Wildman–Crippen MR) is 49.6 cm³/mol. The van der Waals surface area contributed by atoms with Gasteiger partial charge >= 0.3 is 5.97 Å². The normalized spacial score (nSPS) is 15.5. The van der Waals surface area contributed by atoms with Crippen molar-refractivity contribution >= 4 is 5.97 Å². The Bertz CT molecular complexity index is 309. The molecule has 0 saturated heterocycles. The van der Waals surface area contributed by atoms with Gasteiger partial charge in [-0.2, -0.15) is 0 Å². The highest BCUT2D eigenvalue weighted by Gasteiger charge is 2.26. The molecule has 0 heterocycles. The van der Waals surface area contributed by atoms with E-state index in [1.54, 1.807) is 12.1 Å². The molecule has 1 saturated carbocycles. The van der Waals surface area contributed by atoms with Crippen molar-refractivity contribution < 1.29 is 9.53 Å². The van der Waals surface area contributed by atoms with Crippen LogP contribution >= 0.6 is 0 Å². The monoisotopic (exact) mass is 176 g/mol. The number of benzene rings is 1. The van der Waals surface area contributed by atoms with E-state index < -0.39 is 0 Å². The van der Waals surface area contributed by atoms with Crippen LogP contribution < -0.4 is 0 Å². The summed E-state index contributed by atoms with van der Waals surface area (Å²) in [5.74, 6) is -0.192. The first kappa shape index (κ1) is 8.30. The van der Waals surface area contributed by atoms with Crippen LogP contribution in [-0.4, -0.2) is 12.1 Å². The van der Waals surface area contributed by atoms with E-state index in [-0.39, 0.29) is 12.1 Å². The zero-order valence-electron chi connectivity index (χ0n) is 7.62. The van der Waals surface area contributed by atoms with E-state index in [0.717, 1.165) is 18.4 Å². The Morgan fingerprint density at radius 2 is 1.92 bits per heavy atom. The van der Waals surface area contributed by atoms with Gasteiger partial charge in [0.15, 0.2) is 0 Å². The molecule has 0 spiro atoms. The molecule has 0 aliphatic heterocycles. The van der Waals surface area contributed by atoms with Gasteiger partial charge in [-0.3, -0.25) is 0 Å². The summed E-state index contributed by atoms with van der Waals surface area (Å²) in [4.78, 5) is 11.4. The molecule has 0 radical (unpaired) electrons. The van der Waals surface area contributed by atoms with E-state index in [1.807, 2.05) is 19.1 Å². The Balaban J connectivity index is 2.05. The van der Waals surface area contributed by atoms with Crippen LogP contribution in [0.4, 0.5) is 0 Å². The average molecular weight is 176 g/mol. The van der Waals surface area contributed by atoms with Crippen molar-refractivity contribution in [2.24, 2.45) is 0 Å². The van der Waals surface area contributed by atoms with Gasteiger partial charge in [0, 0.05) is 0 Å². The van der Waals surface area contributed by atoms with Crippen LogP contribution in [0.2, 0.25) is 0 Å². The number of aryl methyl sites for hydroxylation is 1. The van der Waals surface area contributed by atoms with Crippen LogP contribution in [-0.2, 0) is 4.74 Å². The van der Waals surface area contributed by atoms with Crippen molar-refractivity contribution in [3.63, 3.8) is 0 Å². The SMILES string of the molecule is Cc1ccc(C(=O)OC2CC2)cc1. The molecule has 2 nitrogen and oxygen atoms in total. The van der Waals surface area contributed by atoms with Crippen molar-refractivity contribution in [1.29, 1.82) is 0 Å². The van der Waals surface area contributed by atoms with E-state index >= 15 is 0 Å². The van der Waals surface area contributed by atoms with Crippen LogP contribution in [0.15, 0.2) is 24.3 Å². The Morgan fingerprint density at radius 1 is 1.31 bits per heavy atom. The van der Waals surface area contributed by atoms with Gasteiger partial charge in [0.2, 0.25) is 0 Å². The molecule has 0 aromatic heterocycles. The van der Waals surface area contributed by atoms with Gasteiger partial charge in [0.1, 0.15) is 6.10 Å². The highest BCUT2D eigenvalue weighted by molar-refractivity contribution is 5.89. The minimum absolute atomic E-state index is 0.189. The number of rotatable bonds is 2. The summed E-state index contributed by atoms with van der Waals surface area (Å²) < 4.78 is 5.15. The molecule has 1 aliphatic carbocycles. The fourth-order valence-corrected chi connectivity index (χ4v) is 1.09. The fourth-order valence-electron chi connectivity index (χ4n) is 1.09. The fraction of sp³-hybridized carbons (Fsp3) is 0.364. The second-order valence-electron chi connectivity index (χ2n) is 3.47. The summed E-state index contributed by atoms with van der Waals surface area (Å²) in [6, 6.07) is 7.45. The predicted octanol–water partition coefficient (Wildman–Crippen LogP) is 2.31. The molecule has 13 heavy (non-hydrogen) atoms. The number of carbonyl (C=O) groups excluding carboxylic acids is 1. The van der Waals surface area contributed by atoms with Crippen LogP contribution in [0.5, 0.6) is 0 Å². The van der Waals surface area contributed by atoms with Crippen LogP contribution in [0.25, 0.3) is 0 Å². The first-order chi connectivity index (χ1) is 6.25. The summed E-state index contributed by atoms with van der Waals surface area (Å²) in [5.41, 5.74) is 1.81. The molecule has 0 bridgehead atoms. The third-order valence-electron chi connectivity index (χ3n) is 2.09. The summed E-state index contributed by atoms with van der Waals surface area (Å²) in [6.45, 7) is 2.00. The average Bonchev–Trinajstić information content (AvgIpc) is 2.89. The molecule has 1 fully saturated rings. The zero-order chi connectivity index (χ0) is 9.26. The molecule has 2 heteroatoms. The second-order valence-corrected chi connectivity index (χ2v) is 3.47. The molecule has 0 N–H and O–H groups in total. The molecular weight excluding hydrogens is 164 g/mol. The minimum Gasteiger partial charge on any atom is -0.459 e. The van der Waals surface area contributed by atoms with Gasteiger partial charge in [-0.1, -0.05) is 17.7 Å². The smallest absolute Gasteiger partial charge is 0.338 e. The molecule has 0 unspecified atom stereocenters. The lowest BCUT2D eigenvalue weighted by Crippen LogP contribution is -2.06. The number of esters is 1. The molecule has 0 atom stereocenters.